The number of hydrogen-bond acceptors (Lipinski definition) is 6. The summed E-state index contributed by atoms with van der Waals surface area (Å²) >= 11 is 1.61. The number of amides is 1. The molecule has 3 heterocycles. The number of thiazole rings is 1. The fourth-order valence-corrected chi connectivity index (χ4v) is 4.46. The fraction of sp³-hybridized carbons (Fsp3) is 0.455. The van der Waals surface area contributed by atoms with Crippen LogP contribution in [0.5, 0.6) is 5.75 Å². The summed E-state index contributed by atoms with van der Waals surface area (Å²) in [5.74, 6) is 3.70. The molecule has 2 aromatic heterocycles. The van der Waals surface area contributed by atoms with Crippen molar-refractivity contribution in [2.45, 2.75) is 51.0 Å². The second-order valence-electron chi connectivity index (χ2n) is 8.09. The SMILES string of the molecule is Cc1nc(COc2ccc(C(=O)N3CCC(c4nc(C5CC5)n[nH]4)CC3)cc2)cs1. The van der Waals surface area contributed by atoms with E-state index in [1.54, 1.807) is 11.3 Å². The first-order valence-corrected chi connectivity index (χ1v) is 11.4. The number of benzene rings is 1. The molecule has 2 fully saturated rings. The summed E-state index contributed by atoms with van der Waals surface area (Å²) in [6, 6.07) is 7.39. The molecule has 5 rings (SSSR count). The Morgan fingerprint density at radius 1 is 1.13 bits per heavy atom. The van der Waals surface area contributed by atoms with E-state index in [1.807, 2.05) is 41.5 Å². The number of likely N-dealkylation sites (tertiary alicyclic amines) is 1. The maximum Gasteiger partial charge on any atom is 0.253 e. The number of H-pyrrole nitrogens is 1. The molecule has 1 N–H and O–H groups in total. The number of hydrogen-bond donors (Lipinski definition) is 1. The molecule has 1 aromatic carbocycles. The van der Waals surface area contributed by atoms with Crippen molar-refractivity contribution >= 4 is 17.2 Å². The third-order valence-electron chi connectivity index (χ3n) is 5.79. The maximum absolute atomic E-state index is 12.9. The van der Waals surface area contributed by atoms with Crippen LogP contribution in [0.15, 0.2) is 29.6 Å². The molecule has 1 amide bonds. The zero-order chi connectivity index (χ0) is 20.5. The van der Waals surface area contributed by atoms with E-state index in [4.69, 9.17) is 4.74 Å². The lowest BCUT2D eigenvalue weighted by Crippen LogP contribution is -2.38. The van der Waals surface area contributed by atoms with Crippen LogP contribution in [0.3, 0.4) is 0 Å². The fourth-order valence-electron chi connectivity index (χ4n) is 3.86. The molecule has 7 nitrogen and oxygen atoms in total. The van der Waals surface area contributed by atoms with Crippen molar-refractivity contribution in [2.75, 3.05) is 13.1 Å². The summed E-state index contributed by atoms with van der Waals surface area (Å²) < 4.78 is 5.77. The zero-order valence-corrected chi connectivity index (χ0v) is 17.8. The summed E-state index contributed by atoms with van der Waals surface area (Å²) in [6.07, 6.45) is 4.25. The topological polar surface area (TPSA) is 84.0 Å². The van der Waals surface area contributed by atoms with E-state index in [0.29, 0.717) is 24.0 Å². The molecule has 1 saturated heterocycles. The van der Waals surface area contributed by atoms with Gasteiger partial charge >= 0.3 is 0 Å². The average molecular weight is 424 g/mol. The first-order chi connectivity index (χ1) is 14.7. The highest BCUT2D eigenvalue weighted by molar-refractivity contribution is 7.09. The van der Waals surface area contributed by atoms with Crippen LogP contribution in [0.25, 0.3) is 0 Å². The first-order valence-electron chi connectivity index (χ1n) is 10.5. The normalized spacial score (nSPS) is 17.3. The van der Waals surface area contributed by atoms with Crippen LogP contribution >= 0.6 is 11.3 Å². The third kappa shape index (κ3) is 4.23. The highest BCUT2D eigenvalue weighted by atomic mass is 32.1. The van der Waals surface area contributed by atoms with E-state index in [9.17, 15) is 4.79 Å². The molecule has 1 aliphatic carbocycles. The number of piperidine rings is 1. The Kier molecular flexibility index (Phi) is 5.25. The molecule has 30 heavy (non-hydrogen) atoms. The van der Waals surface area contributed by atoms with E-state index in [1.165, 1.54) is 12.8 Å². The molecule has 0 atom stereocenters. The molecule has 2 aliphatic rings. The number of rotatable bonds is 6. The van der Waals surface area contributed by atoms with Crippen LogP contribution in [-0.2, 0) is 6.61 Å². The second kappa shape index (κ2) is 8.18. The van der Waals surface area contributed by atoms with E-state index in [0.717, 1.165) is 54.0 Å². The first kappa shape index (κ1) is 19.2. The maximum atomic E-state index is 12.9. The molecule has 1 saturated carbocycles. The number of nitrogens with zero attached hydrogens (tertiary/aromatic N) is 4. The van der Waals surface area contributed by atoms with Crippen molar-refractivity contribution in [1.29, 1.82) is 0 Å². The molecule has 8 heteroatoms. The van der Waals surface area contributed by atoms with Gasteiger partial charge in [0, 0.05) is 35.9 Å². The Balaban J connectivity index is 1.14. The van der Waals surface area contributed by atoms with E-state index in [2.05, 4.69) is 20.2 Å². The van der Waals surface area contributed by atoms with Gasteiger partial charge < -0.3 is 9.64 Å². The van der Waals surface area contributed by atoms with Gasteiger partial charge in [0.25, 0.3) is 5.91 Å². The van der Waals surface area contributed by atoms with Crippen LogP contribution < -0.4 is 4.74 Å². The Morgan fingerprint density at radius 3 is 2.57 bits per heavy atom. The predicted octanol–water partition coefficient (Wildman–Crippen LogP) is 4.05. The molecular weight excluding hydrogens is 398 g/mol. The van der Waals surface area contributed by atoms with Gasteiger partial charge in [-0.1, -0.05) is 0 Å². The minimum atomic E-state index is 0.0753. The minimum Gasteiger partial charge on any atom is -0.487 e. The quantitative estimate of drug-likeness (QED) is 0.647. The van der Waals surface area contributed by atoms with Gasteiger partial charge in [0.05, 0.1) is 10.7 Å². The number of aromatic amines is 1. The molecule has 0 bridgehead atoms. The predicted molar refractivity (Wildman–Crippen MR) is 114 cm³/mol. The highest BCUT2D eigenvalue weighted by Crippen LogP contribution is 2.38. The smallest absolute Gasteiger partial charge is 0.253 e. The zero-order valence-electron chi connectivity index (χ0n) is 17.0. The van der Waals surface area contributed by atoms with Crippen LogP contribution in [-0.4, -0.2) is 44.1 Å². The monoisotopic (exact) mass is 423 g/mol. The van der Waals surface area contributed by atoms with E-state index in [-0.39, 0.29) is 5.91 Å². The average Bonchev–Trinajstić information content (AvgIpc) is 3.36. The molecule has 3 aromatic rings. The Morgan fingerprint density at radius 2 is 1.90 bits per heavy atom. The summed E-state index contributed by atoms with van der Waals surface area (Å²) in [6.45, 7) is 3.90. The molecule has 0 spiro atoms. The molecule has 0 radical (unpaired) electrons. The molecular formula is C22H25N5O2S. The largest absolute Gasteiger partial charge is 0.487 e. The number of aryl methyl sites for hydroxylation is 1. The van der Waals surface area contributed by atoms with Gasteiger partial charge in [0.15, 0.2) is 5.82 Å². The standard InChI is InChI=1S/C22H25N5O2S/c1-14-23-18(13-30-14)12-29-19-6-4-17(5-7-19)22(28)27-10-8-16(9-11-27)21-24-20(25-26-21)15-2-3-15/h4-7,13,15-16H,2-3,8-12H2,1H3,(H,24,25,26). The lowest BCUT2D eigenvalue weighted by Gasteiger charge is -2.31. The van der Waals surface area contributed by atoms with E-state index >= 15 is 0 Å². The number of aromatic nitrogens is 4. The number of ether oxygens (including phenoxy) is 1. The van der Waals surface area contributed by atoms with Crippen LogP contribution in [0.1, 0.15) is 70.2 Å². The van der Waals surface area contributed by atoms with Crippen molar-refractivity contribution in [3.63, 3.8) is 0 Å². The number of carbonyl (C=O) groups excluding carboxylic acids is 1. The third-order valence-corrected chi connectivity index (χ3v) is 6.61. The summed E-state index contributed by atoms with van der Waals surface area (Å²) in [7, 11) is 0. The van der Waals surface area contributed by atoms with Crippen LogP contribution in [0.2, 0.25) is 0 Å². The number of nitrogens with one attached hydrogen (secondary N) is 1. The van der Waals surface area contributed by atoms with Gasteiger partial charge in [-0.3, -0.25) is 9.89 Å². The van der Waals surface area contributed by atoms with Gasteiger partial charge in [0.1, 0.15) is 18.2 Å². The van der Waals surface area contributed by atoms with Gasteiger partial charge in [-0.25, -0.2) is 9.97 Å². The Labute approximate surface area is 179 Å². The summed E-state index contributed by atoms with van der Waals surface area (Å²) in [5, 5.41) is 10.5. The van der Waals surface area contributed by atoms with Gasteiger partial charge in [-0.2, -0.15) is 5.10 Å². The van der Waals surface area contributed by atoms with Gasteiger partial charge in [-0.05, 0) is 56.9 Å². The highest BCUT2D eigenvalue weighted by Gasteiger charge is 2.30. The van der Waals surface area contributed by atoms with Crippen LogP contribution in [0.4, 0.5) is 0 Å². The summed E-state index contributed by atoms with van der Waals surface area (Å²) in [5.41, 5.74) is 1.62. The van der Waals surface area contributed by atoms with Gasteiger partial charge in [-0.15, -0.1) is 11.3 Å². The minimum absolute atomic E-state index is 0.0753. The lowest BCUT2D eigenvalue weighted by molar-refractivity contribution is 0.0711. The molecule has 0 unspecified atom stereocenters. The Hall–Kier alpha value is -2.74. The number of carbonyl (C=O) groups is 1. The Bertz CT molecular complexity index is 1020. The van der Waals surface area contributed by atoms with Crippen LogP contribution in [0, 0.1) is 6.92 Å². The second-order valence-corrected chi connectivity index (χ2v) is 9.15. The van der Waals surface area contributed by atoms with Crippen molar-refractivity contribution in [3.05, 3.63) is 57.6 Å². The van der Waals surface area contributed by atoms with Crippen molar-refractivity contribution < 1.29 is 9.53 Å². The van der Waals surface area contributed by atoms with Crippen molar-refractivity contribution in [2.24, 2.45) is 0 Å². The van der Waals surface area contributed by atoms with Gasteiger partial charge in [0.2, 0.25) is 0 Å². The van der Waals surface area contributed by atoms with Crippen molar-refractivity contribution in [1.82, 2.24) is 25.1 Å². The lowest BCUT2D eigenvalue weighted by atomic mass is 9.95. The molecule has 1 aliphatic heterocycles. The molecule has 156 valence electrons. The van der Waals surface area contributed by atoms with Crippen molar-refractivity contribution in [3.8, 4) is 5.75 Å². The van der Waals surface area contributed by atoms with E-state index < -0.39 is 0 Å². The summed E-state index contributed by atoms with van der Waals surface area (Å²) in [4.78, 5) is 23.9.